The lowest BCUT2D eigenvalue weighted by Gasteiger charge is -2.32. The average molecular weight is 416 g/mol. The van der Waals surface area contributed by atoms with E-state index in [2.05, 4.69) is 20.2 Å². The van der Waals surface area contributed by atoms with Gasteiger partial charge in [0.1, 0.15) is 0 Å². The number of rotatable bonds is 6. The number of carbonyl (C=O) groups is 1. The van der Waals surface area contributed by atoms with E-state index >= 15 is 0 Å². The predicted octanol–water partition coefficient (Wildman–Crippen LogP) is 2.46. The number of ether oxygens (including phenoxy) is 1. The Kier molecular flexibility index (Phi) is 6.34. The summed E-state index contributed by atoms with van der Waals surface area (Å²) in [6.07, 6.45) is 3.75. The molecule has 30 heavy (non-hydrogen) atoms. The fourth-order valence-corrected chi connectivity index (χ4v) is 4.44. The fourth-order valence-electron chi connectivity index (χ4n) is 4.44. The van der Waals surface area contributed by atoms with Crippen molar-refractivity contribution in [2.24, 2.45) is 17.8 Å². The average Bonchev–Trinajstić information content (AvgIpc) is 3.14. The summed E-state index contributed by atoms with van der Waals surface area (Å²) in [6.45, 7) is 5.70. The minimum Gasteiger partial charge on any atom is -0.381 e. The summed E-state index contributed by atoms with van der Waals surface area (Å²) in [5, 5.41) is 2.92. The highest BCUT2D eigenvalue weighted by atomic mass is 19.2. The van der Waals surface area contributed by atoms with Crippen molar-refractivity contribution in [2.45, 2.75) is 26.4 Å². The number of aromatic nitrogens is 2. The Morgan fingerprint density at radius 2 is 2.07 bits per heavy atom. The summed E-state index contributed by atoms with van der Waals surface area (Å²) in [5.41, 5.74) is 2.32. The molecule has 1 amide bonds. The van der Waals surface area contributed by atoms with Gasteiger partial charge < -0.3 is 10.1 Å². The number of nitrogens with one attached hydrogen (secondary N) is 1. The number of likely N-dealkylation sites (tertiary alicyclic amines) is 1. The maximum atomic E-state index is 13.5. The van der Waals surface area contributed by atoms with Gasteiger partial charge in [-0.1, -0.05) is 6.07 Å². The molecule has 1 aromatic heterocycles. The number of amides is 1. The molecule has 2 fully saturated rings. The highest BCUT2D eigenvalue weighted by molar-refractivity contribution is 5.76. The Balaban J connectivity index is 1.31. The molecule has 3 atom stereocenters. The summed E-state index contributed by atoms with van der Waals surface area (Å²) in [6, 6.07) is 4.05. The van der Waals surface area contributed by atoms with E-state index in [-0.39, 0.29) is 11.8 Å². The number of aryl methyl sites for hydroxylation is 1. The van der Waals surface area contributed by atoms with Gasteiger partial charge in [0, 0.05) is 32.3 Å². The zero-order chi connectivity index (χ0) is 21.1. The van der Waals surface area contributed by atoms with E-state index in [4.69, 9.17) is 4.74 Å². The van der Waals surface area contributed by atoms with Crippen molar-refractivity contribution in [3.05, 3.63) is 59.2 Å². The molecule has 0 radical (unpaired) electrons. The molecule has 1 N–H and O–H groups in total. The first-order valence-electron chi connectivity index (χ1n) is 10.3. The molecule has 0 bridgehead atoms. The first-order valence-corrected chi connectivity index (χ1v) is 10.3. The minimum atomic E-state index is -0.829. The second-order valence-corrected chi connectivity index (χ2v) is 8.29. The maximum absolute atomic E-state index is 13.5. The normalized spacial score (nSPS) is 23.9. The molecule has 2 aliphatic heterocycles. The lowest BCUT2D eigenvalue weighted by molar-refractivity contribution is -0.124. The zero-order valence-corrected chi connectivity index (χ0v) is 17.0. The number of halogens is 2. The topological polar surface area (TPSA) is 67.3 Å². The molecule has 4 rings (SSSR count). The molecule has 0 aliphatic carbocycles. The van der Waals surface area contributed by atoms with Gasteiger partial charge in [-0.05, 0) is 42.4 Å². The van der Waals surface area contributed by atoms with E-state index in [0.29, 0.717) is 44.6 Å². The van der Waals surface area contributed by atoms with E-state index in [1.54, 1.807) is 18.5 Å². The molecule has 6 nitrogen and oxygen atoms in total. The molecule has 0 unspecified atom stereocenters. The highest BCUT2D eigenvalue weighted by Crippen LogP contribution is 2.36. The summed E-state index contributed by atoms with van der Waals surface area (Å²) < 4.78 is 32.4. The smallest absolute Gasteiger partial charge is 0.220 e. The summed E-state index contributed by atoms with van der Waals surface area (Å²) in [7, 11) is 0. The monoisotopic (exact) mass is 416 g/mol. The minimum absolute atomic E-state index is 0.0225. The Bertz CT molecular complexity index is 893. The van der Waals surface area contributed by atoms with Crippen LogP contribution in [0.2, 0.25) is 0 Å². The van der Waals surface area contributed by atoms with Gasteiger partial charge in [-0.15, -0.1) is 0 Å². The van der Waals surface area contributed by atoms with Crippen LogP contribution in [0.25, 0.3) is 0 Å². The number of fused-ring (bicyclic) bond motifs is 1. The molecule has 0 saturated carbocycles. The van der Waals surface area contributed by atoms with Crippen molar-refractivity contribution in [1.82, 2.24) is 20.2 Å². The van der Waals surface area contributed by atoms with Crippen LogP contribution < -0.4 is 5.32 Å². The maximum Gasteiger partial charge on any atom is 0.220 e. The number of hydrogen-bond donors (Lipinski definition) is 1. The van der Waals surface area contributed by atoms with Crippen LogP contribution in [0.3, 0.4) is 0 Å². The first-order chi connectivity index (χ1) is 14.5. The fraction of sp³-hybridized carbons (Fsp3) is 0.500. The third-order valence-corrected chi connectivity index (χ3v) is 5.98. The van der Waals surface area contributed by atoms with Crippen LogP contribution in [-0.4, -0.2) is 47.1 Å². The number of hydrogen-bond acceptors (Lipinski definition) is 5. The molecule has 1 aromatic carbocycles. The molecule has 0 spiro atoms. The third kappa shape index (κ3) is 4.99. The molecular weight excluding hydrogens is 390 g/mol. The molecule has 2 saturated heterocycles. The van der Waals surface area contributed by atoms with Gasteiger partial charge in [0.2, 0.25) is 5.91 Å². The van der Waals surface area contributed by atoms with E-state index in [1.165, 1.54) is 12.1 Å². The molecule has 3 heterocycles. The van der Waals surface area contributed by atoms with Crippen molar-refractivity contribution in [2.75, 3.05) is 26.3 Å². The summed E-state index contributed by atoms with van der Waals surface area (Å²) in [5.74, 6) is -0.822. The number of carbonyl (C=O) groups excluding carboxylic acids is 1. The van der Waals surface area contributed by atoms with Crippen molar-refractivity contribution in [3.8, 4) is 0 Å². The van der Waals surface area contributed by atoms with Gasteiger partial charge in [0.25, 0.3) is 0 Å². The standard InChI is InChI=1S/C22H26F2N4O2/c1-14-6-26-18(7-25-14)8-27-22(29)5-16-12-30-13-17-10-28(11-19(16)17)9-15-2-3-20(23)21(24)4-15/h2-4,6-7,16-17,19H,5,8-13H2,1H3,(H,27,29)/t16-,17-,19+/m1/s1. The largest absolute Gasteiger partial charge is 0.381 e. The molecule has 2 aromatic rings. The van der Waals surface area contributed by atoms with Gasteiger partial charge in [0.15, 0.2) is 11.6 Å². The van der Waals surface area contributed by atoms with Crippen LogP contribution in [0.15, 0.2) is 30.6 Å². The Hall–Kier alpha value is -2.45. The van der Waals surface area contributed by atoms with Crippen LogP contribution in [0.5, 0.6) is 0 Å². The molecule has 2 aliphatic rings. The second-order valence-electron chi connectivity index (χ2n) is 8.29. The van der Waals surface area contributed by atoms with Crippen LogP contribution in [0.1, 0.15) is 23.4 Å². The van der Waals surface area contributed by atoms with Gasteiger partial charge in [-0.2, -0.15) is 0 Å². The van der Waals surface area contributed by atoms with Crippen LogP contribution in [0, 0.1) is 36.3 Å². The van der Waals surface area contributed by atoms with Crippen molar-refractivity contribution < 1.29 is 18.3 Å². The molecule has 8 heteroatoms. The Morgan fingerprint density at radius 3 is 2.83 bits per heavy atom. The van der Waals surface area contributed by atoms with Crippen LogP contribution in [-0.2, 0) is 22.6 Å². The quantitative estimate of drug-likeness (QED) is 0.784. The van der Waals surface area contributed by atoms with E-state index in [9.17, 15) is 13.6 Å². The zero-order valence-electron chi connectivity index (χ0n) is 17.0. The van der Waals surface area contributed by atoms with Crippen molar-refractivity contribution >= 4 is 5.91 Å². The van der Waals surface area contributed by atoms with Crippen molar-refractivity contribution in [3.63, 3.8) is 0 Å². The van der Waals surface area contributed by atoms with Gasteiger partial charge >= 0.3 is 0 Å². The third-order valence-electron chi connectivity index (χ3n) is 5.98. The summed E-state index contributed by atoms with van der Waals surface area (Å²) >= 11 is 0. The lowest BCUT2D eigenvalue weighted by Crippen LogP contribution is -2.38. The first kappa shape index (κ1) is 20.8. The molecule has 160 valence electrons. The highest BCUT2D eigenvalue weighted by Gasteiger charge is 2.41. The van der Waals surface area contributed by atoms with Crippen molar-refractivity contribution in [1.29, 1.82) is 0 Å². The van der Waals surface area contributed by atoms with Gasteiger partial charge in [-0.25, -0.2) is 8.78 Å². The van der Waals surface area contributed by atoms with Crippen LogP contribution in [0.4, 0.5) is 8.78 Å². The van der Waals surface area contributed by atoms with Gasteiger partial charge in [0.05, 0.1) is 37.3 Å². The van der Waals surface area contributed by atoms with E-state index in [0.717, 1.165) is 30.0 Å². The summed E-state index contributed by atoms with van der Waals surface area (Å²) in [4.78, 5) is 23.2. The van der Waals surface area contributed by atoms with Gasteiger partial charge in [-0.3, -0.25) is 19.7 Å². The SMILES string of the molecule is Cc1cnc(CNC(=O)C[C@@H]2COC[C@H]3CN(Cc4ccc(F)c(F)c4)C[C@@H]23)cn1. The second kappa shape index (κ2) is 9.14. The Morgan fingerprint density at radius 1 is 1.20 bits per heavy atom. The van der Waals surface area contributed by atoms with Crippen LogP contribution >= 0.6 is 0 Å². The van der Waals surface area contributed by atoms with E-state index in [1.807, 2.05) is 6.92 Å². The van der Waals surface area contributed by atoms with E-state index < -0.39 is 11.6 Å². The number of benzene rings is 1. The molecular formula is C22H26F2N4O2. The predicted molar refractivity (Wildman–Crippen MR) is 106 cm³/mol. The Labute approximate surface area is 174 Å². The number of nitrogens with zero attached hydrogens (tertiary/aromatic N) is 3. The lowest BCUT2D eigenvalue weighted by atomic mass is 9.81.